The molecule has 0 aliphatic carbocycles. The van der Waals surface area contributed by atoms with E-state index >= 15 is 0 Å². The molecule has 1 aromatic heterocycles. The fraction of sp³-hybridized carbons (Fsp3) is 0.533. The van der Waals surface area contributed by atoms with E-state index in [1.54, 1.807) is 13.8 Å². The highest BCUT2D eigenvalue weighted by Gasteiger charge is 2.29. The van der Waals surface area contributed by atoms with Gasteiger partial charge in [0.15, 0.2) is 11.6 Å². The van der Waals surface area contributed by atoms with Crippen molar-refractivity contribution in [2.75, 3.05) is 29.9 Å². The van der Waals surface area contributed by atoms with Crippen molar-refractivity contribution in [2.24, 2.45) is 0 Å². The van der Waals surface area contributed by atoms with E-state index in [1.165, 1.54) is 12.7 Å². The quantitative estimate of drug-likeness (QED) is 0.856. The molecule has 3 rings (SSSR count). The Morgan fingerprint density at radius 1 is 1.36 bits per heavy atom. The molecular formula is C15H20N4O3. The highest BCUT2D eigenvalue weighted by molar-refractivity contribution is 5.90. The summed E-state index contributed by atoms with van der Waals surface area (Å²) in [4.78, 5) is 22.7. The maximum atomic E-state index is 12.0. The highest BCUT2D eigenvalue weighted by Crippen LogP contribution is 2.38. The van der Waals surface area contributed by atoms with Crippen LogP contribution in [-0.2, 0) is 9.53 Å². The fourth-order valence-electron chi connectivity index (χ4n) is 2.68. The predicted molar refractivity (Wildman–Crippen MR) is 81.7 cm³/mol. The van der Waals surface area contributed by atoms with Crippen LogP contribution < -0.4 is 15.0 Å². The van der Waals surface area contributed by atoms with E-state index in [1.807, 2.05) is 0 Å². The molecule has 2 aliphatic rings. The van der Waals surface area contributed by atoms with E-state index in [4.69, 9.17) is 9.47 Å². The smallest absolute Gasteiger partial charge is 0.376 e. The van der Waals surface area contributed by atoms with Gasteiger partial charge < -0.3 is 19.7 Å². The molecule has 1 saturated heterocycles. The average Bonchev–Trinajstić information content (AvgIpc) is 2.54. The molecule has 0 unspecified atom stereocenters. The molecule has 1 aromatic rings. The minimum absolute atomic E-state index is 0.169. The molecule has 0 spiro atoms. The van der Waals surface area contributed by atoms with Crippen LogP contribution >= 0.6 is 0 Å². The number of allylic oxidation sites excluding steroid dienone is 1. The van der Waals surface area contributed by atoms with Crippen molar-refractivity contribution in [1.82, 2.24) is 9.97 Å². The molecule has 0 atom stereocenters. The van der Waals surface area contributed by atoms with Gasteiger partial charge in [-0.05, 0) is 33.1 Å². The normalized spacial score (nSPS) is 17.5. The number of ether oxygens (including phenoxy) is 2. The summed E-state index contributed by atoms with van der Waals surface area (Å²) in [5.41, 5.74) is 0.592. The lowest BCUT2D eigenvalue weighted by Gasteiger charge is -2.31. The van der Waals surface area contributed by atoms with Crippen LogP contribution in [0.3, 0.4) is 0 Å². The number of nitrogens with one attached hydrogen (secondary N) is 1. The maximum Gasteiger partial charge on any atom is 0.376 e. The van der Waals surface area contributed by atoms with Crippen LogP contribution in [0.5, 0.6) is 5.75 Å². The predicted octanol–water partition coefficient (Wildman–Crippen LogP) is 2.07. The highest BCUT2D eigenvalue weighted by atomic mass is 16.6. The third-order valence-electron chi connectivity index (χ3n) is 3.75. The zero-order chi connectivity index (χ0) is 15.5. The summed E-state index contributed by atoms with van der Waals surface area (Å²) in [6.45, 7) is 5.70. The van der Waals surface area contributed by atoms with Gasteiger partial charge in [-0.1, -0.05) is 0 Å². The SMILES string of the molecule is CCOC(=O)C1=C(C)Nc2ncnc(N3CCCCC3)c2O1. The van der Waals surface area contributed by atoms with Crippen LogP contribution in [0, 0.1) is 0 Å². The molecule has 1 fully saturated rings. The van der Waals surface area contributed by atoms with Crippen LogP contribution in [0.15, 0.2) is 17.8 Å². The molecule has 3 heterocycles. The Labute approximate surface area is 129 Å². The Hall–Kier alpha value is -2.31. The third kappa shape index (κ3) is 2.70. The molecule has 118 valence electrons. The summed E-state index contributed by atoms with van der Waals surface area (Å²) in [7, 11) is 0. The van der Waals surface area contributed by atoms with E-state index in [-0.39, 0.29) is 5.76 Å². The zero-order valence-electron chi connectivity index (χ0n) is 12.9. The van der Waals surface area contributed by atoms with E-state index in [2.05, 4.69) is 20.2 Å². The van der Waals surface area contributed by atoms with Crippen molar-refractivity contribution in [2.45, 2.75) is 33.1 Å². The summed E-state index contributed by atoms with van der Waals surface area (Å²) >= 11 is 0. The number of hydrogen-bond acceptors (Lipinski definition) is 7. The molecule has 0 bridgehead atoms. The van der Waals surface area contributed by atoms with Gasteiger partial charge in [-0.25, -0.2) is 14.8 Å². The standard InChI is InChI=1S/C15H20N4O3/c1-3-21-15(20)11-10(2)18-13-12(22-11)14(17-9-16-13)19-7-5-4-6-8-19/h9H,3-8H2,1-2H3,(H,16,17,18). The van der Waals surface area contributed by atoms with Crippen molar-refractivity contribution in [3.05, 3.63) is 17.8 Å². The number of nitrogens with zero attached hydrogens (tertiary/aromatic N) is 3. The number of esters is 1. The van der Waals surface area contributed by atoms with Gasteiger partial charge in [0.2, 0.25) is 11.5 Å². The number of carbonyl (C=O) groups excluding carboxylic acids is 1. The largest absolute Gasteiger partial charge is 0.460 e. The van der Waals surface area contributed by atoms with Gasteiger partial charge in [0.05, 0.1) is 12.3 Å². The molecule has 22 heavy (non-hydrogen) atoms. The molecule has 7 nitrogen and oxygen atoms in total. The summed E-state index contributed by atoms with van der Waals surface area (Å²) in [6, 6.07) is 0. The lowest BCUT2D eigenvalue weighted by atomic mass is 10.1. The Morgan fingerprint density at radius 3 is 2.86 bits per heavy atom. The van der Waals surface area contributed by atoms with Gasteiger partial charge in [0, 0.05) is 13.1 Å². The number of carbonyl (C=O) groups is 1. The first-order chi connectivity index (χ1) is 10.7. The van der Waals surface area contributed by atoms with Crippen molar-refractivity contribution >= 4 is 17.6 Å². The minimum Gasteiger partial charge on any atom is -0.460 e. The van der Waals surface area contributed by atoms with Gasteiger partial charge in [0.25, 0.3) is 0 Å². The molecule has 0 aromatic carbocycles. The Kier molecular flexibility index (Phi) is 4.13. The third-order valence-corrected chi connectivity index (χ3v) is 3.75. The monoisotopic (exact) mass is 304 g/mol. The van der Waals surface area contributed by atoms with Crippen molar-refractivity contribution < 1.29 is 14.3 Å². The first-order valence-corrected chi connectivity index (χ1v) is 7.63. The van der Waals surface area contributed by atoms with Crippen molar-refractivity contribution in [3.63, 3.8) is 0 Å². The lowest BCUT2D eigenvalue weighted by molar-refractivity contribution is -0.141. The summed E-state index contributed by atoms with van der Waals surface area (Å²) in [6.07, 6.45) is 5.01. The van der Waals surface area contributed by atoms with Gasteiger partial charge in [-0.15, -0.1) is 0 Å². The average molecular weight is 304 g/mol. The molecule has 0 saturated carbocycles. The zero-order valence-corrected chi connectivity index (χ0v) is 12.9. The first kappa shape index (κ1) is 14.6. The maximum absolute atomic E-state index is 12.0. The number of rotatable bonds is 3. The minimum atomic E-state index is -0.480. The van der Waals surface area contributed by atoms with E-state index in [9.17, 15) is 4.79 Å². The van der Waals surface area contributed by atoms with Crippen LogP contribution in [-0.4, -0.2) is 35.6 Å². The second-order valence-electron chi connectivity index (χ2n) is 5.32. The number of piperidine rings is 1. The first-order valence-electron chi connectivity index (χ1n) is 7.63. The van der Waals surface area contributed by atoms with E-state index < -0.39 is 5.97 Å². The van der Waals surface area contributed by atoms with Gasteiger partial charge in [-0.3, -0.25) is 0 Å². The summed E-state index contributed by atoms with van der Waals surface area (Å²) < 4.78 is 10.9. The molecule has 0 radical (unpaired) electrons. The van der Waals surface area contributed by atoms with Crippen molar-refractivity contribution in [3.8, 4) is 5.75 Å². The van der Waals surface area contributed by atoms with Gasteiger partial charge >= 0.3 is 5.97 Å². The van der Waals surface area contributed by atoms with Crippen molar-refractivity contribution in [1.29, 1.82) is 0 Å². The second-order valence-corrected chi connectivity index (χ2v) is 5.32. The Morgan fingerprint density at radius 2 is 2.14 bits per heavy atom. The van der Waals surface area contributed by atoms with Gasteiger partial charge in [0.1, 0.15) is 6.33 Å². The Bertz CT molecular complexity index is 609. The molecule has 7 heteroatoms. The van der Waals surface area contributed by atoms with Crippen LogP contribution in [0.25, 0.3) is 0 Å². The van der Waals surface area contributed by atoms with E-state index in [0.717, 1.165) is 31.7 Å². The number of hydrogen-bond donors (Lipinski definition) is 1. The fourth-order valence-corrected chi connectivity index (χ4v) is 2.68. The van der Waals surface area contributed by atoms with Crippen LogP contribution in [0.2, 0.25) is 0 Å². The van der Waals surface area contributed by atoms with Crippen LogP contribution in [0.1, 0.15) is 33.1 Å². The molecule has 2 aliphatic heterocycles. The molecule has 1 N–H and O–H groups in total. The Balaban J connectivity index is 1.91. The topological polar surface area (TPSA) is 76.6 Å². The number of anilines is 2. The van der Waals surface area contributed by atoms with E-state index in [0.29, 0.717) is 23.9 Å². The lowest BCUT2D eigenvalue weighted by Crippen LogP contribution is -2.32. The molecular weight excluding hydrogens is 284 g/mol. The van der Waals surface area contributed by atoms with Gasteiger partial charge in [-0.2, -0.15) is 0 Å². The number of aromatic nitrogens is 2. The second kappa shape index (κ2) is 6.21. The summed E-state index contributed by atoms with van der Waals surface area (Å²) in [5.74, 6) is 1.50. The number of fused-ring (bicyclic) bond motifs is 1. The van der Waals surface area contributed by atoms with Crippen LogP contribution in [0.4, 0.5) is 11.6 Å². The summed E-state index contributed by atoms with van der Waals surface area (Å²) in [5, 5.41) is 3.10. The molecule has 0 amide bonds.